The summed E-state index contributed by atoms with van der Waals surface area (Å²) >= 11 is 0. The van der Waals surface area contributed by atoms with Crippen LogP contribution in [0, 0.1) is 11.3 Å². The molecular formula is C10H18O4. The highest BCUT2D eigenvalue weighted by atomic mass is 16.5. The first-order chi connectivity index (χ1) is 6.38. The minimum atomic E-state index is -0.804. The molecule has 0 amide bonds. The van der Waals surface area contributed by atoms with E-state index in [1.165, 1.54) is 7.11 Å². The summed E-state index contributed by atoms with van der Waals surface area (Å²) in [7, 11) is 1.32. The van der Waals surface area contributed by atoms with Gasteiger partial charge in [-0.25, -0.2) is 0 Å². The predicted octanol–water partition coefficient (Wildman–Crippen LogP) is 0.317. The van der Waals surface area contributed by atoms with E-state index >= 15 is 0 Å². The van der Waals surface area contributed by atoms with Crippen molar-refractivity contribution >= 4 is 5.97 Å². The smallest absolute Gasteiger partial charge is 0.311 e. The van der Waals surface area contributed by atoms with Crippen LogP contribution >= 0.6 is 0 Å². The van der Waals surface area contributed by atoms with Crippen LogP contribution in [-0.2, 0) is 9.53 Å². The monoisotopic (exact) mass is 202 g/mol. The van der Waals surface area contributed by atoms with Crippen molar-refractivity contribution in [3.05, 3.63) is 0 Å². The summed E-state index contributed by atoms with van der Waals surface area (Å²) in [6, 6.07) is 0. The minimum Gasteiger partial charge on any atom is -0.469 e. The molecule has 82 valence electrons. The van der Waals surface area contributed by atoms with Gasteiger partial charge in [-0.15, -0.1) is 0 Å². The quantitative estimate of drug-likeness (QED) is 0.601. The number of carbonyl (C=O) groups excluding carboxylic acids is 1. The van der Waals surface area contributed by atoms with Crippen LogP contribution in [0.2, 0.25) is 0 Å². The largest absolute Gasteiger partial charge is 0.469 e. The van der Waals surface area contributed by atoms with Gasteiger partial charge in [-0.05, 0) is 11.8 Å². The highest BCUT2D eigenvalue weighted by Gasteiger charge is 2.46. The molecule has 0 spiro atoms. The fraction of sp³-hybridized carbons (Fsp3) is 0.900. The van der Waals surface area contributed by atoms with E-state index in [4.69, 9.17) is 0 Å². The predicted molar refractivity (Wildman–Crippen MR) is 50.5 cm³/mol. The van der Waals surface area contributed by atoms with Gasteiger partial charge in [0, 0.05) is 6.42 Å². The number of ether oxygens (including phenoxy) is 1. The average Bonchev–Trinajstić information content (AvgIpc) is 1.99. The normalized spacial score (nSPS) is 36.5. The summed E-state index contributed by atoms with van der Waals surface area (Å²) in [5.74, 6) is -0.926. The molecule has 1 saturated carbocycles. The van der Waals surface area contributed by atoms with E-state index in [2.05, 4.69) is 4.74 Å². The highest BCUT2D eigenvalue weighted by molar-refractivity contribution is 5.74. The Morgan fingerprint density at radius 1 is 1.43 bits per heavy atom. The summed E-state index contributed by atoms with van der Waals surface area (Å²) in [6.45, 7) is 3.72. The highest BCUT2D eigenvalue weighted by Crippen LogP contribution is 2.41. The number of aliphatic hydroxyl groups is 2. The van der Waals surface area contributed by atoms with Gasteiger partial charge in [0.15, 0.2) is 0 Å². The number of esters is 1. The van der Waals surface area contributed by atoms with Crippen LogP contribution in [0.5, 0.6) is 0 Å². The maximum absolute atomic E-state index is 11.4. The second-order valence-electron chi connectivity index (χ2n) is 4.65. The van der Waals surface area contributed by atoms with Crippen LogP contribution in [0.3, 0.4) is 0 Å². The molecule has 3 unspecified atom stereocenters. The van der Waals surface area contributed by atoms with Crippen LogP contribution in [-0.4, -0.2) is 35.5 Å². The van der Waals surface area contributed by atoms with Crippen molar-refractivity contribution in [1.29, 1.82) is 0 Å². The first-order valence-corrected chi connectivity index (χ1v) is 4.82. The molecule has 2 N–H and O–H groups in total. The zero-order chi connectivity index (χ0) is 10.9. The molecule has 0 bridgehead atoms. The second-order valence-corrected chi connectivity index (χ2v) is 4.65. The number of hydrogen-bond acceptors (Lipinski definition) is 4. The molecule has 0 aromatic heterocycles. The third kappa shape index (κ3) is 2.07. The fourth-order valence-corrected chi connectivity index (χ4v) is 2.36. The van der Waals surface area contributed by atoms with Crippen molar-refractivity contribution in [3.63, 3.8) is 0 Å². The first kappa shape index (κ1) is 11.5. The molecule has 1 aliphatic rings. The molecule has 0 radical (unpaired) electrons. The first-order valence-electron chi connectivity index (χ1n) is 4.82. The topological polar surface area (TPSA) is 66.8 Å². The maximum atomic E-state index is 11.4. The van der Waals surface area contributed by atoms with Crippen molar-refractivity contribution in [2.24, 2.45) is 11.3 Å². The van der Waals surface area contributed by atoms with E-state index in [1.54, 1.807) is 0 Å². The van der Waals surface area contributed by atoms with Crippen molar-refractivity contribution in [2.75, 3.05) is 7.11 Å². The van der Waals surface area contributed by atoms with E-state index in [0.29, 0.717) is 6.42 Å². The Morgan fingerprint density at radius 2 is 2.00 bits per heavy atom. The van der Waals surface area contributed by atoms with Crippen molar-refractivity contribution in [2.45, 2.75) is 38.9 Å². The molecular weight excluding hydrogens is 184 g/mol. The Kier molecular flexibility index (Phi) is 3.17. The Bertz CT molecular complexity index is 224. The van der Waals surface area contributed by atoms with Gasteiger partial charge in [0.05, 0.1) is 25.2 Å². The molecule has 0 aromatic carbocycles. The van der Waals surface area contributed by atoms with Gasteiger partial charge in [-0.2, -0.15) is 0 Å². The van der Waals surface area contributed by atoms with E-state index in [9.17, 15) is 15.0 Å². The lowest BCUT2D eigenvalue weighted by atomic mass is 9.66. The molecule has 0 saturated heterocycles. The minimum absolute atomic E-state index is 0.253. The lowest BCUT2D eigenvalue weighted by Crippen LogP contribution is -2.48. The van der Waals surface area contributed by atoms with E-state index in [0.717, 1.165) is 0 Å². The number of carbonyl (C=O) groups is 1. The van der Waals surface area contributed by atoms with Crippen LogP contribution in [0.15, 0.2) is 0 Å². The van der Waals surface area contributed by atoms with Crippen LogP contribution in [0.1, 0.15) is 26.7 Å². The summed E-state index contributed by atoms with van der Waals surface area (Å²) in [6.07, 6.45) is -0.561. The number of hydrogen-bond donors (Lipinski definition) is 2. The third-order valence-electron chi connectivity index (χ3n) is 2.96. The van der Waals surface area contributed by atoms with Crippen molar-refractivity contribution in [1.82, 2.24) is 0 Å². The number of methoxy groups -OCH3 is 1. The van der Waals surface area contributed by atoms with Gasteiger partial charge in [-0.1, -0.05) is 13.8 Å². The van der Waals surface area contributed by atoms with Crippen LogP contribution < -0.4 is 0 Å². The molecule has 4 heteroatoms. The van der Waals surface area contributed by atoms with Gasteiger partial charge < -0.3 is 14.9 Å². The molecule has 0 aromatic rings. The SMILES string of the molecule is COC(=O)C1C(O)CC(O)CC1(C)C. The number of rotatable bonds is 1. The van der Waals surface area contributed by atoms with Gasteiger partial charge in [0.25, 0.3) is 0 Å². The summed E-state index contributed by atoms with van der Waals surface area (Å²) < 4.78 is 4.65. The lowest BCUT2D eigenvalue weighted by Gasteiger charge is -2.41. The van der Waals surface area contributed by atoms with Gasteiger partial charge in [0.1, 0.15) is 0 Å². The zero-order valence-corrected chi connectivity index (χ0v) is 8.86. The van der Waals surface area contributed by atoms with Crippen molar-refractivity contribution in [3.8, 4) is 0 Å². The van der Waals surface area contributed by atoms with Gasteiger partial charge >= 0.3 is 5.97 Å². The molecule has 1 aliphatic carbocycles. The van der Waals surface area contributed by atoms with Crippen LogP contribution in [0.25, 0.3) is 0 Å². The summed E-state index contributed by atoms with van der Waals surface area (Å²) in [5, 5.41) is 19.2. The molecule has 0 heterocycles. The fourth-order valence-electron chi connectivity index (χ4n) is 2.36. The third-order valence-corrected chi connectivity index (χ3v) is 2.96. The molecule has 3 atom stereocenters. The summed E-state index contributed by atoms with van der Waals surface area (Å²) in [4.78, 5) is 11.4. The average molecular weight is 202 g/mol. The Balaban J connectivity index is 2.85. The molecule has 0 aliphatic heterocycles. The van der Waals surface area contributed by atoms with E-state index < -0.39 is 29.5 Å². The lowest BCUT2D eigenvalue weighted by molar-refractivity contribution is -0.163. The van der Waals surface area contributed by atoms with E-state index in [-0.39, 0.29) is 6.42 Å². The second kappa shape index (κ2) is 3.87. The number of aliphatic hydroxyl groups excluding tert-OH is 2. The molecule has 14 heavy (non-hydrogen) atoms. The Hall–Kier alpha value is -0.610. The zero-order valence-electron chi connectivity index (χ0n) is 8.86. The molecule has 1 fully saturated rings. The molecule has 4 nitrogen and oxygen atoms in total. The van der Waals surface area contributed by atoms with Gasteiger partial charge in [-0.3, -0.25) is 4.79 Å². The van der Waals surface area contributed by atoms with Crippen LogP contribution in [0.4, 0.5) is 0 Å². The standard InChI is InChI=1S/C10H18O4/c1-10(2)5-6(11)4-7(12)8(10)9(13)14-3/h6-8,11-12H,4-5H2,1-3H3. The summed E-state index contributed by atoms with van der Waals surface area (Å²) in [5.41, 5.74) is -0.413. The Morgan fingerprint density at radius 3 is 2.43 bits per heavy atom. The van der Waals surface area contributed by atoms with Gasteiger partial charge in [0.2, 0.25) is 0 Å². The molecule has 1 rings (SSSR count). The maximum Gasteiger partial charge on any atom is 0.311 e. The van der Waals surface area contributed by atoms with Crippen molar-refractivity contribution < 1.29 is 19.7 Å². The Labute approximate surface area is 83.9 Å². The van der Waals surface area contributed by atoms with E-state index in [1.807, 2.05) is 13.8 Å².